The van der Waals surface area contributed by atoms with Gasteiger partial charge in [-0.1, -0.05) is 23.2 Å². The molecule has 0 fully saturated rings. The van der Waals surface area contributed by atoms with Gasteiger partial charge >= 0.3 is 0 Å². The van der Waals surface area contributed by atoms with Crippen molar-refractivity contribution in [2.24, 2.45) is 11.5 Å². The van der Waals surface area contributed by atoms with Crippen LogP contribution in [0.5, 0.6) is 5.75 Å². The molecule has 0 aliphatic rings. The molecule has 3 nitrogen and oxygen atoms in total. The van der Waals surface area contributed by atoms with Gasteiger partial charge in [-0.15, -0.1) is 0 Å². The van der Waals surface area contributed by atoms with Crippen molar-refractivity contribution >= 4 is 23.2 Å². The van der Waals surface area contributed by atoms with Gasteiger partial charge < -0.3 is 16.6 Å². The smallest absolute Gasteiger partial charge is 0.139 e. The Labute approximate surface area is 99.0 Å². The van der Waals surface area contributed by atoms with Gasteiger partial charge in [0, 0.05) is 16.6 Å². The Balaban J connectivity index is 2.92. The van der Waals surface area contributed by atoms with Crippen molar-refractivity contribution in [1.82, 2.24) is 0 Å². The lowest BCUT2D eigenvalue weighted by atomic mass is 10.0. The molecule has 5 N–H and O–H groups in total. The summed E-state index contributed by atoms with van der Waals surface area (Å²) in [5.41, 5.74) is 11.8. The van der Waals surface area contributed by atoms with E-state index < -0.39 is 0 Å². The largest absolute Gasteiger partial charge is 0.506 e. The number of halogens is 2. The fourth-order valence-electron chi connectivity index (χ4n) is 1.36. The highest BCUT2D eigenvalue weighted by atomic mass is 35.5. The molecule has 0 saturated carbocycles. The van der Waals surface area contributed by atoms with Crippen LogP contribution in [0.1, 0.15) is 24.4 Å². The molecule has 0 heterocycles. The second kappa shape index (κ2) is 5.56. The summed E-state index contributed by atoms with van der Waals surface area (Å²) in [7, 11) is 0. The minimum Gasteiger partial charge on any atom is -0.506 e. The summed E-state index contributed by atoms with van der Waals surface area (Å²) in [6.07, 6.45) is 1.49. The number of phenols is 1. The average Bonchev–Trinajstić information content (AvgIpc) is 2.19. The molecule has 1 aromatic carbocycles. The Morgan fingerprint density at radius 2 is 2.00 bits per heavy atom. The summed E-state index contributed by atoms with van der Waals surface area (Å²) >= 11 is 11.6. The molecule has 1 atom stereocenters. The van der Waals surface area contributed by atoms with Crippen LogP contribution in [0.3, 0.4) is 0 Å². The maximum absolute atomic E-state index is 9.69. The Kier molecular flexibility index (Phi) is 4.67. The molecule has 84 valence electrons. The van der Waals surface area contributed by atoms with Crippen LogP contribution < -0.4 is 11.5 Å². The van der Waals surface area contributed by atoms with Crippen LogP contribution in [0.25, 0.3) is 0 Å². The summed E-state index contributed by atoms with van der Waals surface area (Å²) in [5, 5.41) is 10.4. The van der Waals surface area contributed by atoms with Gasteiger partial charge in [0.2, 0.25) is 0 Å². The number of aromatic hydroxyl groups is 1. The van der Waals surface area contributed by atoms with E-state index in [1.165, 1.54) is 6.07 Å². The number of hydrogen-bond donors (Lipinski definition) is 3. The van der Waals surface area contributed by atoms with Crippen LogP contribution in [0.4, 0.5) is 0 Å². The number of hydrogen-bond acceptors (Lipinski definition) is 3. The number of benzene rings is 1. The number of phenolic OH excluding ortho intramolecular Hbond substituents is 1. The summed E-state index contributed by atoms with van der Waals surface area (Å²) in [4.78, 5) is 0. The molecular formula is C10H14Cl2N2O. The van der Waals surface area contributed by atoms with E-state index in [1.807, 2.05) is 0 Å². The molecule has 0 amide bonds. The van der Waals surface area contributed by atoms with Crippen molar-refractivity contribution in [2.75, 3.05) is 6.54 Å². The molecule has 1 aromatic rings. The maximum Gasteiger partial charge on any atom is 0.139 e. The number of rotatable bonds is 4. The first kappa shape index (κ1) is 12.6. The van der Waals surface area contributed by atoms with E-state index in [9.17, 15) is 5.11 Å². The molecule has 0 bridgehead atoms. The highest BCUT2D eigenvalue weighted by Crippen LogP contribution is 2.35. The fraction of sp³-hybridized carbons (Fsp3) is 0.400. The zero-order valence-corrected chi connectivity index (χ0v) is 9.72. The molecule has 0 aliphatic heterocycles. The van der Waals surface area contributed by atoms with E-state index in [0.29, 0.717) is 23.6 Å². The first-order valence-corrected chi connectivity index (χ1v) is 5.45. The maximum atomic E-state index is 9.69. The van der Waals surface area contributed by atoms with E-state index in [-0.39, 0.29) is 16.8 Å². The Morgan fingerprint density at radius 1 is 1.33 bits per heavy atom. The van der Waals surface area contributed by atoms with Gasteiger partial charge in [0.05, 0.1) is 5.02 Å². The van der Waals surface area contributed by atoms with E-state index >= 15 is 0 Å². The van der Waals surface area contributed by atoms with Crippen molar-refractivity contribution in [3.63, 3.8) is 0 Å². The van der Waals surface area contributed by atoms with Crippen molar-refractivity contribution in [3.8, 4) is 5.75 Å². The molecule has 0 spiro atoms. The highest BCUT2D eigenvalue weighted by Gasteiger charge is 2.14. The first-order chi connectivity index (χ1) is 7.06. The molecule has 0 aliphatic carbocycles. The van der Waals surface area contributed by atoms with Gasteiger partial charge in [-0.05, 0) is 31.5 Å². The molecule has 0 aromatic heterocycles. The van der Waals surface area contributed by atoms with Crippen LogP contribution in [-0.4, -0.2) is 11.7 Å². The Bertz CT molecular complexity index is 344. The first-order valence-electron chi connectivity index (χ1n) is 4.69. The van der Waals surface area contributed by atoms with E-state index in [1.54, 1.807) is 6.07 Å². The summed E-state index contributed by atoms with van der Waals surface area (Å²) < 4.78 is 0. The Hall–Kier alpha value is -0.480. The minimum atomic E-state index is -0.287. The van der Waals surface area contributed by atoms with Gasteiger partial charge in [-0.25, -0.2) is 0 Å². The standard InChI is InChI=1S/C10H14Cl2N2O/c11-6-4-7(9(14)2-1-3-13)10(15)8(12)5-6/h4-5,9,15H,1-3,13-14H2/t9-/m1/s1. The zero-order valence-electron chi connectivity index (χ0n) is 8.21. The van der Waals surface area contributed by atoms with Crippen LogP contribution in [0.2, 0.25) is 10.0 Å². The van der Waals surface area contributed by atoms with Gasteiger partial charge in [0.25, 0.3) is 0 Å². The molecule has 5 heteroatoms. The van der Waals surface area contributed by atoms with Crippen molar-refractivity contribution in [3.05, 3.63) is 27.7 Å². The van der Waals surface area contributed by atoms with Gasteiger partial charge in [0.15, 0.2) is 0 Å². The molecule has 0 unspecified atom stereocenters. The van der Waals surface area contributed by atoms with Crippen molar-refractivity contribution in [1.29, 1.82) is 0 Å². The summed E-state index contributed by atoms with van der Waals surface area (Å²) in [6.45, 7) is 0.572. The minimum absolute atomic E-state index is 0.00517. The normalized spacial score (nSPS) is 12.8. The predicted molar refractivity (Wildman–Crippen MR) is 63.3 cm³/mol. The van der Waals surface area contributed by atoms with Gasteiger partial charge in [0.1, 0.15) is 5.75 Å². The van der Waals surface area contributed by atoms with E-state index in [2.05, 4.69) is 0 Å². The SMILES string of the molecule is NCCC[C@@H](N)c1cc(Cl)cc(Cl)c1O. The number of nitrogens with two attached hydrogens (primary N) is 2. The van der Waals surface area contributed by atoms with E-state index in [0.717, 1.165) is 6.42 Å². The second-order valence-corrected chi connectivity index (χ2v) is 4.21. The lowest BCUT2D eigenvalue weighted by Crippen LogP contribution is -2.12. The van der Waals surface area contributed by atoms with Crippen LogP contribution >= 0.6 is 23.2 Å². The zero-order chi connectivity index (χ0) is 11.4. The van der Waals surface area contributed by atoms with E-state index in [4.69, 9.17) is 34.7 Å². The second-order valence-electron chi connectivity index (χ2n) is 3.36. The quantitative estimate of drug-likeness (QED) is 0.767. The van der Waals surface area contributed by atoms with Crippen LogP contribution in [-0.2, 0) is 0 Å². The van der Waals surface area contributed by atoms with Gasteiger partial charge in [-0.2, -0.15) is 0 Å². The van der Waals surface area contributed by atoms with Crippen molar-refractivity contribution < 1.29 is 5.11 Å². The van der Waals surface area contributed by atoms with Crippen LogP contribution in [0, 0.1) is 0 Å². The topological polar surface area (TPSA) is 72.3 Å². The van der Waals surface area contributed by atoms with Crippen LogP contribution in [0.15, 0.2) is 12.1 Å². The molecule has 15 heavy (non-hydrogen) atoms. The molecule has 1 rings (SSSR count). The third-order valence-electron chi connectivity index (χ3n) is 2.18. The fourth-order valence-corrected chi connectivity index (χ4v) is 1.87. The molecular weight excluding hydrogens is 235 g/mol. The lowest BCUT2D eigenvalue weighted by molar-refractivity contribution is 0.457. The molecule has 0 radical (unpaired) electrons. The highest BCUT2D eigenvalue weighted by molar-refractivity contribution is 6.35. The predicted octanol–water partition coefficient (Wildman–Crippen LogP) is 2.44. The Morgan fingerprint density at radius 3 is 2.60 bits per heavy atom. The average molecular weight is 249 g/mol. The third kappa shape index (κ3) is 3.24. The summed E-state index contributed by atoms with van der Waals surface area (Å²) in [6, 6.07) is 2.83. The third-order valence-corrected chi connectivity index (χ3v) is 2.68. The van der Waals surface area contributed by atoms with Gasteiger partial charge in [-0.3, -0.25) is 0 Å². The summed E-state index contributed by atoms with van der Waals surface area (Å²) in [5.74, 6) is 0.00517. The monoisotopic (exact) mass is 248 g/mol. The van der Waals surface area contributed by atoms with Crippen molar-refractivity contribution in [2.45, 2.75) is 18.9 Å². The molecule has 0 saturated heterocycles. The lowest BCUT2D eigenvalue weighted by Gasteiger charge is -2.14.